The number of nitrogens with one attached hydrogen (secondary N) is 1. The summed E-state index contributed by atoms with van der Waals surface area (Å²) in [5.41, 5.74) is 1.18. The van der Waals surface area contributed by atoms with Crippen molar-refractivity contribution < 1.29 is 9.53 Å². The number of hydrogen-bond acceptors (Lipinski definition) is 3. The second-order valence-corrected chi connectivity index (χ2v) is 7.05. The predicted octanol–water partition coefficient (Wildman–Crippen LogP) is 3.48. The van der Waals surface area contributed by atoms with Crippen LogP contribution in [0.3, 0.4) is 0 Å². The number of aromatic nitrogens is 2. The van der Waals surface area contributed by atoms with Gasteiger partial charge in [0.15, 0.2) is 0 Å². The maximum atomic E-state index is 12.7. The number of ether oxygens (including phenoxy) is 1. The Hall–Kier alpha value is -2.50. The molecule has 1 N–H and O–H groups in total. The molecule has 27 heavy (non-hydrogen) atoms. The molecule has 1 atom stereocenters. The van der Waals surface area contributed by atoms with Crippen molar-refractivity contribution in [3.63, 3.8) is 0 Å². The fourth-order valence-electron chi connectivity index (χ4n) is 3.77. The molecule has 0 aliphatic carbocycles. The Labute approximate surface area is 161 Å². The first-order valence-corrected chi connectivity index (χ1v) is 9.91. The van der Waals surface area contributed by atoms with Crippen LogP contribution in [0.5, 0.6) is 5.75 Å². The summed E-state index contributed by atoms with van der Waals surface area (Å²) < 4.78 is 7.33. The van der Waals surface area contributed by atoms with Gasteiger partial charge in [-0.2, -0.15) is 5.10 Å². The van der Waals surface area contributed by atoms with Gasteiger partial charge in [-0.3, -0.25) is 4.68 Å². The normalized spacial score (nSPS) is 16.9. The van der Waals surface area contributed by atoms with Crippen molar-refractivity contribution in [2.24, 2.45) is 0 Å². The minimum Gasteiger partial charge on any atom is -0.496 e. The molecule has 3 rings (SSSR count). The van der Waals surface area contributed by atoms with E-state index in [9.17, 15) is 4.79 Å². The van der Waals surface area contributed by atoms with E-state index in [-0.39, 0.29) is 6.03 Å². The maximum Gasteiger partial charge on any atom is 0.317 e. The molecule has 1 aromatic heterocycles. The number of methoxy groups -OCH3 is 1. The Morgan fingerprint density at radius 2 is 2.19 bits per heavy atom. The smallest absolute Gasteiger partial charge is 0.317 e. The van der Waals surface area contributed by atoms with Gasteiger partial charge in [0, 0.05) is 38.1 Å². The molecule has 0 bridgehead atoms. The second-order valence-electron chi connectivity index (χ2n) is 7.05. The van der Waals surface area contributed by atoms with Crippen LogP contribution >= 0.6 is 0 Å². The van der Waals surface area contributed by atoms with Crippen LogP contribution in [0.25, 0.3) is 0 Å². The standard InChI is InChI=1S/C21H30N4O2/c1-27-20-11-3-2-8-18(20)9-6-13-22-21(26)25-16-5-4-10-19(25)12-17-24-15-7-14-23-24/h2-3,7-8,11,14-15,19H,4-6,9-10,12-13,16-17H2,1H3,(H,22,26). The molecule has 1 unspecified atom stereocenters. The average Bonchev–Trinajstić information content (AvgIpc) is 3.23. The Morgan fingerprint density at radius 1 is 1.30 bits per heavy atom. The van der Waals surface area contributed by atoms with Gasteiger partial charge in [0.05, 0.1) is 7.11 Å². The summed E-state index contributed by atoms with van der Waals surface area (Å²) in [6.45, 7) is 2.39. The minimum absolute atomic E-state index is 0.0696. The highest BCUT2D eigenvalue weighted by Gasteiger charge is 2.26. The lowest BCUT2D eigenvalue weighted by molar-refractivity contribution is 0.143. The molecule has 1 fully saturated rings. The summed E-state index contributed by atoms with van der Waals surface area (Å²) in [6.07, 6.45) is 9.89. The number of carbonyl (C=O) groups is 1. The van der Waals surface area contributed by atoms with Gasteiger partial charge in [-0.1, -0.05) is 18.2 Å². The Bertz CT molecular complexity index is 702. The first-order valence-electron chi connectivity index (χ1n) is 9.91. The van der Waals surface area contributed by atoms with Crippen molar-refractivity contribution in [1.82, 2.24) is 20.0 Å². The van der Waals surface area contributed by atoms with Crippen LogP contribution < -0.4 is 10.1 Å². The van der Waals surface area contributed by atoms with Gasteiger partial charge < -0.3 is 15.0 Å². The van der Waals surface area contributed by atoms with Crippen molar-refractivity contribution in [1.29, 1.82) is 0 Å². The molecule has 146 valence electrons. The zero-order chi connectivity index (χ0) is 18.9. The molecule has 6 heteroatoms. The summed E-state index contributed by atoms with van der Waals surface area (Å²) >= 11 is 0. The summed E-state index contributed by atoms with van der Waals surface area (Å²) in [5.74, 6) is 0.915. The zero-order valence-corrected chi connectivity index (χ0v) is 16.1. The number of nitrogens with zero attached hydrogens (tertiary/aromatic N) is 3. The predicted molar refractivity (Wildman–Crippen MR) is 106 cm³/mol. The van der Waals surface area contributed by atoms with E-state index in [4.69, 9.17) is 4.74 Å². The molecule has 0 radical (unpaired) electrons. The van der Waals surface area contributed by atoms with Crippen LogP contribution in [0.2, 0.25) is 0 Å². The fraction of sp³-hybridized carbons (Fsp3) is 0.524. The number of para-hydroxylation sites is 1. The highest BCUT2D eigenvalue weighted by atomic mass is 16.5. The summed E-state index contributed by atoms with van der Waals surface area (Å²) in [7, 11) is 1.69. The first kappa shape index (κ1) is 19.3. The monoisotopic (exact) mass is 370 g/mol. The van der Waals surface area contributed by atoms with Crippen molar-refractivity contribution in [2.45, 2.75) is 51.1 Å². The molecular formula is C21H30N4O2. The number of amides is 2. The molecule has 2 heterocycles. The van der Waals surface area contributed by atoms with E-state index in [1.807, 2.05) is 40.0 Å². The molecule has 1 aliphatic heterocycles. The van der Waals surface area contributed by atoms with Crippen LogP contribution in [0.15, 0.2) is 42.7 Å². The number of rotatable bonds is 8. The Kier molecular flexibility index (Phi) is 7.13. The SMILES string of the molecule is COc1ccccc1CCCNC(=O)N1CCCCC1CCn1cccn1. The summed E-state index contributed by atoms with van der Waals surface area (Å²) in [5, 5.41) is 7.37. The largest absolute Gasteiger partial charge is 0.496 e. The van der Waals surface area contributed by atoms with Gasteiger partial charge in [0.1, 0.15) is 5.75 Å². The molecule has 0 spiro atoms. The summed E-state index contributed by atoms with van der Waals surface area (Å²) in [4.78, 5) is 14.7. The quantitative estimate of drug-likeness (QED) is 0.724. The molecule has 6 nitrogen and oxygen atoms in total. The van der Waals surface area contributed by atoms with Gasteiger partial charge in [0.2, 0.25) is 0 Å². The first-order chi connectivity index (χ1) is 13.3. The number of carbonyl (C=O) groups excluding carboxylic acids is 1. The Morgan fingerprint density at radius 3 is 3.00 bits per heavy atom. The van der Waals surface area contributed by atoms with E-state index >= 15 is 0 Å². The van der Waals surface area contributed by atoms with E-state index in [2.05, 4.69) is 16.5 Å². The molecular weight excluding hydrogens is 340 g/mol. The minimum atomic E-state index is 0.0696. The number of piperidine rings is 1. The lowest BCUT2D eigenvalue weighted by Crippen LogP contribution is -2.49. The van der Waals surface area contributed by atoms with Gasteiger partial charge in [0.25, 0.3) is 0 Å². The number of urea groups is 1. The molecule has 0 saturated carbocycles. The average molecular weight is 370 g/mol. The van der Waals surface area contributed by atoms with E-state index in [0.29, 0.717) is 12.6 Å². The van der Waals surface area contributed by atoms with Gasteiger partial charge in [-0.15, -0.1) is 0 Å². The van der Waals surface area contributed by atoms with Gasteiger partial charge in [-0.05, 0) is 56.2 Å². The second kappa shape index (κ2) is 10.00. The topological polar surface area (TPSA) is 59.4 Å². The third kappa shape index (κ3) is 5.49. The van der Waals surface area contributed by atoms with E-state index < -0.39 is 0 Å². The van der Waals surface area contributed by atoms with Gasteiger partial charge in [-0.25, -0.2) is 4.79 Å². The highest BCUT2D eigenvalue weighted by Crippen LogP contribution is 2.21. The lowest BCUT2D eigenvalue weighted by atomic mass is 10.00. The van der Waals surface area contributed by atoms with Crippen LogP contribution in [0.4, 0.5) is 4.79 Å². The summed E-state index contributed by atoms with van der Waals surface area (Å²) in [6, 6.07) is 10.4. The van der Waals surface area contributed by atoms with Gasteiger partial charge >= 0.3 is 6.03 Å². The van der Waals surface area contributed by atoms with E-state index in [1.165, 1.54) is 12.0 Å². The fourth-order valence-corrected chi connectivity index (χ4v) is 3.77. The third-order valence-corrected chi connectivity index (χ3v) is 5.23. The zero-order valence-electron chi connectivity index (χ0n) is 16.1. The van der Waals surface area contributed by atoms with Crippen molar-refractivity contribution in [3.8, 4) is 5.75 Å². The van der Waals surface area contributed by atoms with Crippen molar-refractivity contribution in [3.05, 3.63) is 48.3 Å². The number of aryl methyl sites for hydroxylation is 2. The van der Waals surface area contributed by atoms with E-state index in [1.54, 1.807) is 13.3 Å². The highest BCUT2D eigenvalue weighted by molar-refractivity contribution is 5.74. The number of benzene rings is 1. The molecule has 2 aromatic rings. The number of hydrogen-bond donors (Lipinski definition) is 1. The molecule has 1 aromatic carbocycles. The molecule has 1 aliphatic rings. The van der Waals surface area contributed by atoms with Crippen LogP contribution in [-0.2, 0) is 13.0 Å². The van der Waals surface area contributed by atoms with E-state index in [0.717, 1.165) is 50.9 Å². The maximum absolute atomic E-state index is 12.7. The van der Waals surface area contributed by atoms with Crippen molar-refractivity contribution in [2.75, 3.05) is 20.2 Å². The molecule has 2 amide bonds. The van der Waals surface area contributed by atoms with Crippen LogP contribution in [0, 0.1) is 0 Å². The third-order valence-electron chi connectivity index (χ3n) is 5.23. The lowest BCUT2D eigenvalue weighted by Gasteiger charge is -2.35. The number of likely N-dealkylation sites (tertiary alicyclic amines) is 1. The Balaban J connectivity index is 1.44. The molecule has 1 saturated heterocycles. The van der Waals surface area contributed by atoms with Crippen LogP contribution in [-0.4, -0.2) is 47.0 Å². The van der Waals surface area contributed by atoms with Crippen LogP contribution in [0.1, 0.15) is 37.7 Å². The van der Waals surface area contributed by atoms with Crippen molar-refractivity contribution >= 4 is 6.03 Å².